The van der Waals surface area contributed by atoms with Crippen molar-refractivity contribution in [1.29, 1.82) is 0 Å². The quantitative estimate of drug-likeness (QED) is 0.365. The Morgan fingerprint density at radius 2 is 1.91 bits per heavy atom. The molecule has 1 aromatic heterocycles. The van der Waals surface area contributed by atoms with Gasteiger partial charge in [0, 0.05) is 22.8 Å². The number of nitrogens with zero attached hydrogens (tertiary/aromatic N) is 1. The van der Waals surface area contributed by atoms with Crippen molar-refractivity contribution in [2.75, 3.05) is 10.0 Å². The summed E-state index contributed by atoms with van der Waals surface area (Å²) in [5.74, 6) is 0.239. The van der Waals surface area contributed by atoms with Gasteiger partial charge in [-0.05, 0) is 84.5 Å². The summed E-state index contributed by atoms with van der Waals surface area (Å²) >= 11 is 9.77. The van der Waals surface area contributed by atoms with Gasteiger partial charge >= 0.3 is 0 Å². The van der Waals surface area contributed by atoms with Crippen molar-refractivity contribution in [3.63, 3.8) is 0 Å². The van der Waals surface area contributed by atoms with E-state index >= 15 is 0 Å². The molecule has 0 radical (unpaired) electrons. The highest BCUT2D eigenvalue weighted by atomic mass is 79.9. The van der Waals surface area contributed by atoms with Gasteiger partial charge in [0.05, 0.1) is 15.5 Å². The van der Waals surface area contributed by atoms with Crippen LogP contribution in [0.5, 0.6) is 5.75 Å². The Kier molecular flexibility index (Phi) is 7.82. The molecule has 0 aliphatic rings. The van der Waals surface area contributed by atoms with Gasteiger partial charge in [-0.1, -0.05) is 0 Å². The van der Waals surface area contributed by atoms with Gasteiger partial charge in [-0.3, -0.25) is 14.8 Å². The lowest BCUT2D eigenvalue weighted by Crippen LogP contribution is -2.34. The number of ether oxygens (including phenoxy) is 1. The smallest absolute Gasteiger partial charge is 0.263 e. The topological polar surface area (TPSA) is 109 Å². The van der Waals surface area contributed by atoms with Crippen molar-refractivity contribution in [3.8, 4) is 5.75 Å². The molecule has 1 heterocycles. The van der Waals surface area contributed by atoms with Gasteiger partial charge in [0.15, 0.2) is 10.2 Å². The molecule has 0 saturated heterocycles. The molecule has 12 heteroatoms. The number of carbonyl (C=O) groups is 1. The number of carbonyl (C=O) groups excluding carboxylic acids is 1. The van der Waals surface area contributed by atoms with Gasteiger partial charge < -0.3 is 10.1 Å². The summed E-state index contributed by atoms with van der Waals surface area (Å²) < 4.78 is 33.5. The summed E-state index contributed by atoms with van der Waals surface area (Å²) in [5, 5.41) is 7.48. The highest BCUT2D eigenvalue weighted by molar-refractivity contribution is 9.10. The Labute approximate surface area is 203 Å². The molecular weight excluding hydrogens is 536 g/mol. The lowest BCUT2D eigenvalue weighted by molar-refractivity contribution is 0.0977. The minimum Gasteiger partial charge on any atom is -0.490 e. The summed E-state index contributed by atoms with van der Waals surface area (Å²) in [6, 6.07) is 10.9. The zero-order chi connectivity index (χ0) is 23.3. The molecule has 1 amide bonds. The number of halogens is 1. The third-order valence-corrected chi connectivity index (χ3v) is 6.86. The number of nitrogens with one attached hydrogen (secondary N) is 3. The molecule has 168 valence electrons. The molecule has 3 aromatic rings. The summed E-state index contributed by atoms with van der Waals surface area (Å²) in [7, 11) is -3.75. The van der Waals surface area contributed by atoms with E-state index in [2.05, 4.69) is 36.3 Å². The van der Waals surface area contributed by atoms with E-state index in [9.17, 15) is 13.2 Å². The highest BCUT2D eigenvalue weighted by Gasteiger charge is 2.16. The van der Waals surface area contributed by atoms with E-state index in [1.54, 1.807) is 35.7 Å². The molecule has 0 fully saturated rings. The molecule has 0 aliphatic heterocycles. The highest BCUT2D eigenvalue weighted by Crippen LogP contribution is 2.27. The van der Waals surface area contributed by atoms with Gasteiger partial charge in [-0.15, -0.1) is 11.3 Å². The van der Waals surface area contributed by atoms with Gasteiger partial charge in [0.25, 0.3) is 15.9 Å². The molecule has 2 aromatic carbocycles. The van der Waals surface area contributed by atoms with Crippen molar-refractivity contribution in [2.24, 2.45) is 0 Å². The van der Waals surface area contributed by atoms with Gasteiger partial charge in [-0.25, -0.2) is 13.4 Å². The molecule has 0 unspecified atom stereocenters. The van der Waals surface area contributed by atoms with Crippen LogP contribution in [0, 0.1) is 0 Å². The van der Waals surface area contributed by atoms with Crippen LogP contribution in [0.1, 0.15) is 24.2 Å². The van der Waals surface area contributed by atoms with Crippen molar-refractivity contribution in [2.45, 2.75) is 24.8 Å². The summed E-state index contributed by atoms with van der Waals surface area (Å²) in [5.41, 5.74) is 0.914. The van der Waals surface area contributed by atoms with Crippen LogP contribution in [0.4, 0.5) is 10.8 Å². The second kappa shape index (κ2) is 10.4. The van der Waals surface area contributed by atoms with E-state index in [1.807, 2.05) is 13.8 Å². The normalized spacial score (nSPS) is 11.1. The van der Waals surface area contributed by atoms with Crippen LogP contribution >= 0.6 is 39.5 Å². The first kappa shape index (κ1) is 24.1. The van der Waals surface area contributed by atoms with Crippen molar-refractivity contribution >= 4 is 71.3 Å². The summed E-state index contributed by atoms with van der Waals surface area (Å²) in [6.45, 7) is 3.83. The van der Waals surface area contributed by atoms with E-state index in [1.165, 1.54) is 29.7 Å². The molecule has 0 spiro atoms. The van der Waals surface area contributed by atoms with E-state index in [0.29, 0.717) is 21.5 Å². The Morgan fingerprint density at radius 3 is 2.50 bits per heavy atom. The molecule has 0 atom stereocenters. The van der Waals surface area contributed by atoms with Crippen molar-refractivity contribution in [3.05, 3.63) is 64.1 Å². The lowest BCUT2D eigenvalue weighted by atomic mass is 10.2. The number of rotatable bonds is 7. The molecule has 0 bridgehead atoms. The SMILES string of the molecule is CC(C)Oc1ccc(C(=O)NC(=S)Nc2ccc(S(=O)(=O)Nc3nccs3)cc2)cc1Br. The van der Waals surface area contributed by atoms with Crippen molar-refractivity contribution < 1.29 is 17.9 Å². The molecule has 32 heavy (non-hydrogen) atoms. The molecule has 8 nitrogen and oxygen atoms in total. The number of aromatic nitrogens is 1. The van der Waals surface area contributed by atoms with Crippen LogP contribution in [-0.4, -0.2) is 30.5 Å². The fourth-order valence-corrected chi connectivity index (χ4v) is 4.97. The first-order valence-corrected chi connectivity index (χ1v) is 12.8. The molecule has 0 saturated carbocycles. The second-order valence-corrected chi connectivity index (χ2v) is 10.5. The molecule has 3 rings (SSSR count). The Bertz CT molecular complexity index is 1210. The van der Waals surface area contributed by atoms with Crippen LogP contribution in [0.2, 0.25) is 0 Å². The number of hydrogen-bond donors (Lipinski definition) is 3. The number of hydrogen-bond acceptors (Lipinski definition) is 7. The summed E-state index contributed by atoms with van der Waals surface area (Å²) in [6.07, 6.45) is 1.52. The van der Waals surface area contributed by atoms with Crippen LogP contribution in [0.3, 0.4) is 0 Å². The minimum atomic E-state index is -3.75. The van der Waals surface area contributed by atoms with E-state index in [4.69, 9.17) is 17.0 Å². The number of thiazole rings is 1. The first-order chi connectivity index (χ1) is 15.1. The standard InChI is InChI=1S/C20H19BrN4O4S3/c1-12(2)29-17-8-3-13(11-16(17)21)18(26)24-19(30)23-14-4-6-15(7-5-14)32(27,28)25-20-22-9-10-31-20/h3-12H,1-2H3,(H,22,25)(H2,23,24,26,30). The summed E-state index contributed by atoms with van der Waals surface area (Å²) in [4.78, 5) is 16.5. The Hall–Kier alpha value is -2.54. The first-order valence-electron chi connectivity index (χ1n) is 9.25. The maximum absolute atomic E-state index is 12.5. The maximum Gasteiger partial charge on any atom is 0.263 e. The second-order valence-electron chi connectivity index (χ2n) is 6.69. The van der Waals surface area contributed by atoms with E-state index in [-0.39, 0.29) is 21.2 Å². The zero-order valence-electron chi connectivity index (χ0n) is 17.0. The zero-order valence-corrected chi connectivity index (χ0v) is 21.0. The largest absolute Gasteiger partial charge is 0.490 e. The predicted octanol–water partition coefficient (Wildman–Crippen LogP) is 4.62. The number of thiocarbonyl (C=S) groups is 1. The third-order valence-electron chi connectivity index (χ3n) is 3.86. The monoisotopic (exact) mass is 554 g/mol. The third kappa shape index (κ3) is 6.48. The van der Waals surface area contributed by atoms with E-state index < -0.39 is 15.9 Å². The molecule has 3 N–H and O–H groups in total. The van der Waals surface area contributed by atoms with Gasteiger partial charge in [0.2, 0.25) is 0 Å². The minimum absolute atomic E-state index is 0.00673. The van der Waals surface area contributed by atoms with Crippen LogP contribution < -0.4 is 20.1 Å². The van der Waals surface area contributed by atoms with Crippen LogP contribution in [0.15, 0.2) is 63.4 Å². The van der Waals surface area contributed by atoms with Gasteiger partial charge in [0.1, 0.15) is 5.75 Å². The fraction of sp³-hybridized carbons (Fsp3) is 0.150. The number of sulfonamides is 1. The van der Waals surface area contributed by atoms with Crippen LogP contribution in [0.25, 0.3) is 0 Å². The number of benzene rings is 2. The molecular formula is C20H19BrN4O4S3. The predicted molar refractivity (Wildman–Crippen MR) is 133 cm³/mol. The van der Waals surface area contributed by atoms with Crippen molar-refractivity contribution in [1.82, 2.24) is 10.3 Å². The molecule has 0 aliphatic carbocycles. The Morgan fingerprint density at radius 1 is 1.19 bits per heavy atom. The van der Waals surface area contributed by atoms with Crippen LogP contribution in [-0.2, 0) is 10.0 Å². The number of anilines is 2. The number of amides is 1. The average molecular weight is 556 g/mol. The van der Waals surface area contributed by atoms with Gasteiger partial charge in [-0.2, -0.15) is 0 Å². The fourth-order valence-electron chi connectivity index (χ4n) is 2.49. The van der Waals surface area contributed by atoms with E-state index in [0.717, 1.165) is 0 Å². The average Bonchev–Trinajstić information content (AvgIpc) is 3.21. The Balaban J connectivity index is 1.60. The lowest BCUT2D eigenvalue weighted by Gasteiger charge is -2.13. The maximum atomic E-state index is 12.5.